The van der Waals surface area contributed by atoms with Crippen molar-refractivity contribution in [2.24, 2.45) is 0 Å². The molecule has 3 amide bonds. The van der Waals surface area contributed by atoms with Crippen molar-refractivity contribution in [3.05, 3.63) is 58.5 Å². The van der Waals surface area contributed by atoms with Crippen LogP contribution < -0.4 is 20.3 Å². The molecule has 1 saturated heterocycles. The number of hydrogen-bond donors (Lipinski definition) is 3. The Morgan fingerprint density at radius 3 is 2.53 bits per heavy atom. The van der Waals surface area contributed by atoms with Gasteiger partial charge in [0.15, 0.2) is 11.5 Å². The summed E-state index contributed by atoms with van der Waals surface area (Å²) in [4.78, 5) is 38.9. The molecule has 3 rings (SSSR count). The number of unbranched alkanes of at least 4 members (excludes halogenated alkanes) is 2. The number of phenolic OH excluding ortho intramolecular Hbond substituents is 1. The van der Waals surface area contributed by atoms with Crippen LogP contribution in [0.3, 0.4) is 0 Å². The first-order valence-electron chi connectivity index (χ1n) is 11.2. The van der Waals surface area contributed by atoms with Gasteiger partial charge >= 0.3 is 0 Å². The fourth-order valence-electron chi connectivity index (χ4n) is 3.44. The number of phenols is 1. The van der Waals surface area contributed by atoms with Gasteiger partial charge in [-0.2, -0.15) is 0 Å². The van der Waals surface area contributed by atoms with Gasteiger partial charge in [0.25, 0.3) is 11.8 Å². The molecule has 1 aliphatic heterocycles. The summed E-state index contributed by atoms with van der Waals surface area (Å²) in [7, 11) is 3.11. The molecule has 2 aromatic rings. The number of hydrazine groups is 1. The van der Waals surface area contributed by atoms with E-state index >= 15 is 0 Å². The number of hydrogen-bond acceptors (Lipinski definition) is 8. The van der Waals surface area contributed by atoms with E-state index in [-0.39, 0.29) is 29.5 Å². The first-order chi connectivity index (χ1) is 17.3. The zero-order valence-corrected chi connectivity index (χ0v) is 21.5. The standard InChI is InChI=1S/C25H27N3O6S2/c1-33-19-12-11-16(14-20(19)34-2)15-21-24(32)28(25(35)36-21)13-7-3-4-10-22(30)26-27-23(31)17-8-5-6-9-18(17)29/h5-6,8-9,11-12,14-15,29H,3-4,7,10,13H2,1-2H3,(H,26,30)(H,27,31). The van der Waals surface area contributed by atoms with Gasteiger partial charge in [-0.15, -0.1) is 0 Å². The van der Waals surface area contributed by atoms with Crippen molar-refractivity contribution in [3.63, 3.8) is 0 Å². The molecular weight excluding hydrogens is 502 g/mol. The van der Waals surface area contributed by atoms with E-state index in [9.17, 15) is 19.5 Å². The summed E-state index contributed by atoms with van der Waals surface area (Å²) in [6, 6.07) is 11.5. The van der Waals surface area contributed by atoms with E-state index in [1.807, 2.05) is 6.07 Å². The molecule has 0 atom stereocenters. The molecule has 0 unspecified atom stereocenters. The highest BCUT2D eigenvalue weighted by atomic mass is 32.2. The van der Waals surface area contributed by atoms with Crippen molar-refractivity contribution < 1.29 is 29.0 Å². The Morgan fingerprint density at radius 1 is 1.06 bits per heavy atom. The Morgan fingerprint density at radius 2 is 1.81 bits per heavy atom. The van der Waals surface area contributed by atoms with Crippen LogP contribution in [0, 0.1) is 0 Å². The van der Waals surface area contributed by atoms with Crippen LogP contribution in [0.2, 0.25) is 0 Å². The minimum atomic E-state index is -0.600. The topological polar surface area (TPSA) is 117 Å². The average Bonchev–Trinajstić information content (AvgIpc) is 3.14. The number of thiocarbonyl (C=S) groups is 1. The van der Waals surface area contributed by atoms with Crippen LogP contribution in [0.1, 0.15) is 41.6 Å². The maximum Gasteiger partial charge on any atom is 0.273 e. The van der Waals surface area contributed by atoms with Crippen LogP contribution in [0.25, 0.3) is 6.08 Å². The molecule has 0 radical (unpaired) electrons. The number of methoxy groups -OCH3 is 2. The van der Waals surface area contributed by atoms with Crippen LogP contribution in [-0.2, 0) is 9.59 Å². The number of rotatable bonds is 10. The van der Waals surface area contributed by atoms with Crippen molar-refractivity contribution in [1.29, 1.82) is 0 Å². The predicted octanol–water partition coefficient (Wildman–Crippen LogP) is 3.63. The number of carbonyl (C=O) groups excluding carboxylic acids is 3. The summed E-state index contributed by atoms with van der Waals surface area (Å²) in [6.07, 6.45) is 3.93. The van der Waals surface area contributed by atoms with Crippen LogP contribution in [-0.4, -0.2) is 52.8 Å². The van der Waals surface area contributed by atoms with Gasteiger partial charge in [-0.25, -0.2) is 0 Å². The van der Waals surface area contributed by atoms with Crippen LogP contribution >= 0.6 is 24.0 Å². The summed E-state index contributed by atoms with van der Waals surface area (Å²) in [5.74, 6) is -0.0839. The molecule has 0 aromatic heterocycles. The molecule has 0 spiro atoms. The van der Waals surface area contributed by atoms with Gasteiger partial charge in [-0.1, -0.05) is 48.6 Å². The molecule has 1 aliphatic rings. The van der Waals surface area contributed by atoms with E-state index in [0.29, 0.717) is 46.5 Å². The summed E-state index contributed by atoms with van der Waals surface area (Å²) >= 11 is 6.64. The third-order valence-corrected chi connectivity index (χ3v) is 6.71. The smallest absolute Gasteiger partial charge is 0.273 e. The van der Waals surface area contributed by atoms with Crippen LogP contribution in [0.15, 0.2) is 47.4 Å². The molecule has 36 heavy (non-hydrogen) atoms. The second-order valence-corrected chi connectivity index (χ2v) is 9.45. The molecular formula is C25H27N3O6S2. The first-order valence-corrected chi connectivity index (χ1v) is 12.4. The predicted molar refractivity (Wildman–Crippen MR) is 142 cm³/mol. The lowest BCUT2D eigenvalue weighted by molar-refractivity contribution is -0.123. The van der Waals surface area contributed by atoms with Crippen molar-refractivity contribution >= 4 is 52.1 Å². The number of thioether (sulfide) groups is 1. The Balaban J connectivity index is 1.41. The molecule has 3 N–H and O–H groups in total. The van der Waals surface area contributed by atoms with Crippen LogP contribution in [0.4, 0.5) is 0 Å². The molecule has 190 valence electrons. The van der Waals surface area contributed by atoms with Crippen molar-refractivity contribution in [1.82, 2.24) is 15.8 Å². The SMILES string of the molecule is COc1ccc(C=C2SC(=S)N(CCCCCC(=O)NNC(=O)c3ccccc3O)C2=O)cc1OC. The lowest BCUT2D eigenvalue weighted by Gasteiger charge is -2.14. The summed E-state index contributed by atoms with van der Waals surface area (Å²) in [6.45, 7) is 0.458. The van der Waals surface area contributed by atoms with Gasteiger partial charge < -0.3 is 14.6 Å². The highest BCUT2D eigenvalue weighted by Gasteiger charge is 2.31. The van der Waals surface area contributed by atoms with Gasteiger partial charge in [0.2, 0.25) is 5.91 Å². The normalized spacial score (nSPS) is 14.2. The largest absolute Gasteiger partial charge is 0.507 e. The van der Waals surface area contributed by atoms with E-state index in [1.165, 1.54) is 23.9 Å². The number of nitrogens with one attached hydrogen (secondary N) is 2. The number of carbonyl (C=O) groups is 3. The van der Waals surface area contributed by atoms with Crippen molar-refractivity contribution in [2.75, 3.05) is 20.8 Å². The Labute approximate surface area is 218 Å². The summed E-state index contributed by atoms with van der Waals surface area (Å²) in [5.41, 5.74) is 5.49. The maximum atomic E-state index is 12.8. The summed E-state index contributed by atoms with van der Waals surface area (Å²) < 4.78 is 11.1. The van der Waals surface area contributed by atoms with E-state index < -0.39 is 5.91 Å². The number of para-hydroxylation sites is 1. The molecule has 11 heteroatoms. The lowest BCUT2D eigenvalue weighted by Crippen LogP contribution is -2.41. The molecule has 0 aliphatic carbocycles. The molecule has 0 bridgehead atoms. The van der Waals surface area contributed by atoms with Gasteiger partial charge in [-0.05, 0) is 48.7 Å². The fourth-order valence-corrected chi connectivity index (χ4v) is 4.75. The third kappa shape index (κ3) is 6.98. The Kier molecular flexibility index (Phi) is 9.71. The van der Waals surface area contributed by atoms with Crippen molar-refractivity contribution in [3.8, 4) is 17.2 Å². The lowest BCUT2D eigenvalue weighted by atomic mass is 10.1. The molecule has 0 saturated carbocycles. The van der Waals surface area contributed by atoms with E-state index in [2.05, 4.69) is 10.9 Å². The minimum Gasteiger partial charge on any atom is -0.507 e. The summed E-state index contributed by atoms with van der Waals surface area (Å²) in [5, 5.41) is 9.68. The number of benzene rings is 2. The van der Waals surface area contributed by atoms with Crippen molar-refractivity contribution in [2.45, 2.75) is 25.7 Å². The second kappa shape index (κ2) is 12.9. The number of aromatic hydroxyl groups is 1. The monoisotopic (exact) mass is 529 g/mol. The zero-order chi connectivity index (χ0) is 26.1. The third-order valence-electron chi connectivity index (χ3n) is 5.33. The van der Waals surface area contributed by atoms with Crippen LogP contribution in [0.5, 0.6) is 17.2 Å². The van der Waals surface area contributed by atoms with E-state index in [1.54, 1.807) is 49.5 Å². The fraction of sp³-hybridized carbons (Fsp3) is 0.280. The molecule has 2 aromatic carbocycles. The Hall–Kier alpha value is -3.57. The highest BCUT2D eigenvalue weighted by Crippen LogP contribution is 2.34. The zero-order valence-electron chi connectivity index (χ0n) is 19.9. The number of ether oxygens (including phenoxy) is 2. The molecule has 9 nitrogen and oxygen atoms in total. The molecule has 1 fully saturated rings. The second-order valence-electron chi connectivity index (χ2n) is 7.78. The number of nitrogens with zero attached hydrogens (tertiary/aromatic N) is 1. The van der Waals surface area contributed by atoms with Gasteiger partial charge in [0.1, 0.15) is 10.1 Å². The van der Waals surface area contributed by atoms with E-state index in [0.717, 1.165) is 5.56 Å². The first kappa shape index (κ1) is 27.0. The minimum absolute atomic E-state index is 0.0708. The van der Waals surface area contributed by atoms with Gasteiger partial charge in [-0.3, -0.25) is 30.1 Å². The molecule has 1 heterocycles. The average molecular weight is 530 g/mol. The maximum absolute atomic E-state index is 12.8. The number of amides is 3. The highest BCUT2D eigenvalue weighted by molar-refractivity contribution is 8.26. The van der Waals surface area contributed by atoms with Gasteiger partial charge in [0, 0.05) is 13.0 Å². The van der Waals surface area contributed by atoms with Gasteiger partial charge in [0.05, 0.1) is 24.7 Å². The Bertz CT molecular complexity index is 1180. The van der Waals surface area contributed by atoms with E-state index in [4.69, 9.17) is 21.7 Å². The quantitative estimate of drug-likeness (QED) is 0.185.